The third kappa shape index (κ3) is 2.97. The standard InChI is InChI=1S/C12H9BF2O2/c14-9-5-1-3-7-11(9)16-13-17-12-8-4-2-6-10(12)15/h1-8,13H. The van der Waals surface area contributed by atoms with Gasteiger partial charge < -0.3 is 9.31 Å². The molecule has 5 heteroatoms. The Hall–Kier alpha value is -2.04. The maximum absolute atomic E-state index is 13.1. The van der Waals surface area contributed by atoms with Crippen molar-refractivity contribution in [3.63, 3.8) is 0 Å². The molecular formula is C12H9BF2O2. The van der Waals surface area contributed by atoms with Crippen molar-refractivity contribution in [2.45, 2.75) is 0 Å². The lowest BCUT2D eigenvalue weighted by Gasteiger charge is -2.08. The molecule has 0 aliphatic carbocycles. The topological polar surface area (TPSA) is 18.5 Å². The Kier molecular flexibility index (Phi) is 3.60. The van der Waals surface area contributed by atoms with Crippen LogP contribution in [0.3, 0.4) is 0 Å². The van der Waals surface area contributed by atoms with Crippen LogP contribution in [0.1, 0.15) is 0 Å². The molecule has 0 saturated heterocycles. The highest BCUT2D eigenvalue weighted by Crippen LogP contribution is 2.17. The maximum Gasteiger partial charge on any atom is 0.576 e. The van der Waals surface area contributed by atoms with Gasteiger partial charge in [-0.25, -0.2) is 8.78 Å². The molecular weight excluding hydrogens is 225 g/mol. The second-order valence-electron chi connectivity index (χ2n) is 3.27. The summed E-state index contributed by atoms with van der Waals surface area (Å²) in [6, 6.07) is 11.9. The van der Waals surface area contributed by atoms with E-state index in [1.54, 1.807) is 24.3 Å². The second-order valence-corrected chi connectivity index (χ2v) is 3.27. The smallest absolute Gasteiger partial charge is 0.526 e. The summed E-state index contributed by atoms with van der Waals surface area (Å²) in [6.07, 6.45) is 0. The fourth-order valence-electron chi connectivity index (χ4n) is 1.28. The zero-order valence-electron chi connectivity index (χ0n) is 8.90. The molecule has 0 amide bonds. The van der Waals surface area contributed by atoms with Crippen molar-refractivity contribution >= 4 is 7.69 Å². The average Bonchev–Trinajstić information content (AvgIpc) is 2.34. The minimum atomic E-state index is -0.482. The van der Waals surface area contributed by atoms with Crippen molar-refractivity contribution in [2.24, 2.45) is 0 Å². The zero-order chi connectivity index (χ0) is 12.1. The van der Waals surface area contributed by atoms with Gasteiger partial charge in [-0.05, 0) is 24.3 Å². The summed E-state index contributed by atoms with van der Waals surface area (Å²) in [6.45, 7) is 0. The first-order valence-corrected chi connectivity index (χ1v) is 5.02. The second kappa shape index (κ2) is 5.34. The van der Waals surface area contributed by atoms with Crippen molar-refractivity contribution in [1.82, 2.24) is 0 Å². The molecule has 2 aromatic rings. The number of benzene rings is 2. The van der Waals surface area contributed by atoms with Gasteiger partial charge >= 0.3 is 7.69 Å². The first-order valence-electron chi connectivity index (χ1n) is 5.02. The molecule has 0 unspecified atom stereocenters. The first-order chi connectivity index (χ1) is 8.27. The minimum Gasteiger partial charge on any atom is -0.526 e. The van der Waals surface area contributed by atoms with E-state index in [1.165, 1.54) is 24.3 Å². The van der Waals surface area contributed by atoms with Crippen LogP contribution < -0.4 is 9.31 Å². The van der Waals surface area contributed by atoms with Gasteiger partial charge in [0.1, 0.15) is 11.5 Å². The Morgan fingerprint density at radius 2 is 1.12 bits per heavy atom. The summed E-state index contributed by atoms with van der Waals surface area (Å²) in [5, 5.41) is 0. The molecule has 0 fully saturated rings. The molecule has 17 heavy (non-hydrogen) atoms. The van der Waals surface area contributed by atoms with Crippen molar-refractivity contribution < 1.29 is 18.1 Å². The average molecular weight is 234 g/mol. The lowest BCUT2D eigenvalue weighted by molar-refractivity contribution is 0.421. The Morgan fingerprint density at radius 1 is 0.706 bits per heavy atom. The zero-order valence-corrected chi connectivity index (χ0v) is 8.90. The molecule has 0 bridgehead atoms. The van der Waals surface area contributed by atoms with Crippen molar-refractivity contribution in [3.8, 4) is 11.5 Å². The predicted octanol–water partition coefficient (Wildman–Crippen LogP) is 2.69. The lowest BCUT2D eigenvalue weighted by atomic mass is 10.3. The highest BCUT2D eigenvalue weighted by atomic mass is 19.1. The maximum atomic E-state index is 13.1. The fraction of sp³-hybridized carbons (Fsp3) is 0. The Bertz CT molecular complexity index is 460. The predicted molar refractivity (Wildman–Crippen MR) is 61.2 cm³/mol. The van der Waals surface area contributed by atoms with E-state index in [-0.39, 0.29) is 19.2 Å². The van der Waals surface area contributed by atoms with Gasteiger partial charge in [-0.2, -0.15) is 0 Å². The van der Waals surface area contributed by atoms with Crippen molar-refractivity contribution in [1.29, 1.82) is 0 Å². The minimum absolute atomic E-state index is 0.0730. The molecule has 0 radical (unpaired) electrons. The highest BCUT2D eigenvalue weighted by Gasteiger charge is 2.06. The highest BCUT2D eigenvalue weighted by molar-refractivity contribution is 6.20. The number of rotatable bonds is 4. The van der Waals surface area contributed by atoms with Gasteiger partial charge in [0.05, 0.1) is 0 Å². The molecule has 0 aromatic heterocycles. The molecule has 0 aliphatic heterocycles. The largest absolute Gasteiger partial charge is 0.576 e. The first kappa shape index (κ1) is 11.5. The van der Waals surface area contributed by atoms with Crippen LogP contribution in [0.5, 0.6) is 11.5 Å². The van der Waals surface area contributed by atoms with E-state index in [4.69, 9.17) is 9.31 Å². The number of hydrogen-bond acceptors (Lipinski definition) is 2. The van der Waals surface area contributed by atoms with Crippen LogP contribution >= 0.6 is 0 Å². The molecule has 86 valence electrons. The van der Waals surface area contributed by atoms with E-state index in [0.717, 1.165) is 0 Å². The van der Waals surface area contributed by atoms with E-state index >= 15 is 0 Å². The SMILES string of the molecule is Fc1ccccc1OBOc1ccccc1F. The van der Waals surface area contributed by atoms with E-state index in [0.29, 0.717) is 0 Å². The Balaban J connectivity index is 1.93. The van der Waals surface area contributed by atoms with E-state index in [2.05, 4.69) is 0 Å². The lowest BCUT2D eigenvalue weighted by Crippen LogP contribution is -2.12. The number of hydrogen-bond donors (Lipinski definition) is 0. The molecule has 2 aromatic carbocycles. The van der Waals surface area contributed by atoms with E-state index in [9.17, 15) is 8.78 Å². The van der Waals surface area contributed by atoms with Gasteiger partial charge in [-0.15, -0.1) is 0 Å². The molecule has 0 spiro atoms. The molecule has 2 rings (SSSR count). The van der Waals surface area contributed by atoms with E-state index in [1.807, 2.05) is 0 Å². The van der Waals surface area contributed by atoms with Crippen LogP contribution in [0.2, 0.25) is 0 Å². The van der Waals surface area contributed by atoms with Crippen LogP contribution in [0.25, 0.3) is 0 Å². The third-order valence-corrected chi connectivity index (χ3v) is 2.10. The van der Waals surface area contributed by atoms with Gasteiger partial charge in [0.2, 0.25) is 0 Å². The van der Waals surface area contributed by atoms with Gasteiger partial charge in [0, 0.05) is 0 Å². The van der Waals surface area contributed by atoms with Crippen LogP contribution in [0.15, 0.2) is 48.5 Å². The molecule has 0 atom stereocenters. The summed E-state index contributed by atoms with van der Waals surface area (Å²) in [5.74, 6) is -0.818. The quantitative estimate of drug-likeness (QED) is 0.757. The third-order valence-electron chi connectivity index (χ3n) is 2.10. The summed E-state index contributed by atoms with van der Waals surface area (Å²) in [5.41, 5.74) is 0. The summed E-state index contributed by atoms with van der Waals surface area (Å²) < 4.78 is 36.3. The van der Waals surface area contributed by atoms with Gasteiger partial charge in [-0.1, -0.05) is 24.3 Å². The van der Waals surface area contributed by atoms with Crippen LogP contribution in [0, 0.1) is 11.6 Å². The van der Waals surface area contributed by atoms with Gasteiger partial charge in [0.25, 0.3) is 0 Å². The van der Waals surface area contributed by atoms with Crippen LogP contribution in [0.4, 0.5) is 8.78 Å². The monoisotopic (exact) mass is 234 g/mol. The number of halogens is 2. The Morgan fingerprint density at radius 3 is 1.53 bits per heavy atom. The Labute approximate surface area is 98.1 Å². The van der Waals surface area contributed by atoms with Crippen molar-refractivity contribution in [3.05, 3.63) is 60.2 Å². The molecule has 0 heterocycles. The normalized spacial score (nSPS) is 9.76. The van der Waals surface area contributed by atoms with Gasteiger partial charge in [-0.3, -0.25) is 0 Å². The van der Waals surface area contributed by atoms with Crippen molar-refractivity contribution in [2.75, 3.05) is 0 Å². The fourth-order valence-corrected chi connectivity index (χ4v) is 1.28. The molecule has 0 aliphatic rings. The van der Waals surface area contributed by atoms with E-state index < -0.39 is 11.6 Å². The van der Waals surface area contributed by atoms with Crippen LogP contribution in [-0.2, 0) is 0 Å². The molecule has 0 saturated carbocycles. The van der Waals surface area contributed by atoms with Gasteiger partial charge in [0.15, 0.2) is 11.6 Å². The molecule has 0 N–H and O–H groups in total. The van der Waals surface area contributed by atoms with Crippen LogP contribution in [-0.4, -0.2) is 7.69 Å². The summed E-state index contributed by atoms with van der Waals surface area (Å²) in [7, 11) is -0.248. The summed E-state index contributed by atoms with van der Waals surface area (Å²) >= 11 is 0. The molecule has 2 nitrogen and oxygen atoms in total. The summed E-state index contributed by atoms with van der Waals surface area (Å²) in [4.78, 5) is 0. The number of para-hydroxylation sites is 2.